The minimum absolute atomic E-state index is 0.0363. The van der Waals surface area contributed by atoms with Crippen LogP contribution in [0.1, 0.15) is 30.9 Å². The molecule has 4 rings (SSSR count). The third-order valence-electron chi connectivity index (χ3n) is 6.01. The van der Waals surface area contributed by atoms with Gasteiger partial charge in [0.25, 0.3) is 0 Å². The first kappa shape index (κ1) is 22.4. The molecule has 2 fully saturated rings. The number of piperazine rings is 1. The number of hydrogen-bond donors (Lipinski definition) is 0. The van der Waals surface area contributed by atoms with Gasteiger partial charge < -0.3 is 9.80 Å². The molecule has 1 unspecified atom stereocenters. The largest absolute Gasteiger partial charge is 0.338 e. The zero-order valence-corrected chi connectivity index (χ0v) is 18.5. The van der Waals surface area contributed by atoms with Crippen LogP contribution in [0.5, 0.6) is 0 Å². The van der Waals surface area contributed by atoms with E-state index in [9.17, 15) is 22.4 Å². The second-order valence-corrected chi connectivity index (χ2v) is 9.98. The monoisotopic (exact) mass is 459 g/mol. The van der Waals surface area contributed by atoms with Crippen molar-refractivity contribution in [3.8, 4) is 0 Å². The molecular weight excluding hydrogens is 433 g/mol. The summed E-state index contributed by atoms with van der Waals surface area (Å²) in [6.07, 6.45) is 2.10. The summed E-state index contributed by atoms with van der Waals surface area (Å²) in [6.45, 7) is 1.16. The molecule has 0 aromatic heterocycles. The molecular formula is C23H26FN3O4S. The number of rotatable bonds is 5. The molecule has 0 radical (unpaired) electrons. The molecule has 0 bridgehead atoms. The Morgan fingerprint density at radius 1 is 0.906 bits per heavy atom. The van der Waals surface area contributed by atoms with Gasteiger partial charge in [0.2, 0.25) is 21.8 Å². The molecule has 0 spiro atoms. The van der Waals surface area contributed by atoms with Crippen molar-refractivity contribution in [3.63, 3.8) is 0 Å². The Morgan fingerprint density at radius 2 is 1.62 bits per heavy atom. The van der Waals surface area contributed by atoms with Gasteiger partial charge >= 0.3 is 0 Å². The highest BCUT2D eigenvalue weighted by molar-refractivity contribution is 7.89. The van der Waals surface area contributed by atoms with Gasteiger partial charge in [-0.05, 0) is 36.6 Å². The fourth-order valence-electron chi connectivity index (χ4n) is 4.29. The number of piperidine rings is 1. The molecule has 0 aliphatic carbocycles. The van der Waals surface area contributed by atoms with Gasteiger partial charge in [-0.3, -0.25) is 9.59 Å². The van der Waals surface area contributed by atoms with E-state index >= 15 is 0 Å². The SMILES string of the molecule is O=C(C(c1ccccc1)N1CCCCC1=O)N1CCN(S(=O)(=O)c2cccc(F)c2)CC1. The van der Waals surface area contributed by atoms with Crippen molar-refractivity contribution in [2.75, 3.05) is 32.7 Å². The van der Waals surface area contributed by atoms with E-state index in [1.807, 2.05) is 30.3 Å². The van der Waals surface area contributed by atoms with Gasteiger partial charge in [0.15, 0.2) is 0 Å². The number of nitrogens with zero attached hydrogens (tertiary/aromatic N) is 3. The average Bonchev–Trinajstić information content (AvgIpc) is 2.81. The average molecular weight is 460 g/mol. The van der Waals surface area contributed by atoms with Crippen molar-refractivity contribution in [2.24, 2.45) is 0 Å². The molecule has 2 amide bonds. The van der Waals surface area contributed by atoms with Gasteiger partial charge in [0.05, 0.1) is 4.90 Å². The predicted octanol–water partition coefficient (Wildman–Crippen LogP) is 2.41. The maximum Gasteiger partial charge on any atom is 0.250 e. The number of carbonyl (C=O) groups is 2. The van der Waals surface area contributed by atoms with Gasteiger partial charge in [-0.25, -0.2) is 12.8 Å². The van der Waals surface area contributed by atoms with E-state index in [4.69, 9.17) is 0 Å². The van der Waals surface area contributed by atoms with Crippen LogP contribution in [0.4, 0.5) is 4.39 Å². The number of carbonyl (C=O) groups excluding carboxylic acids is 2. The fraction of sp³-hybridized carbons (Fsp3) is 0.391. The molecule has 2 heterocycles. The maximum absolute atomic E-state index is 13.5. The number of amides is 2. The zero-order valence-electron chi connectivity index (χ0n) is 17.7. The highest BCUT2D eigenvalue weighted by Gasteiger charge is 2.37. The standard InChI is InChI=1S/C23H26FN3O4S/c24-19-9-6-10-20(17-19)32(30,31)26-15-13-25(14-16-26)23(29)22(18-7-2-1-3-8-18)27-12-5-4-11-21(27)28/h1-3,6-10,17,22H,4-5,11-16H2. The van der Waals surface area contributed by atoms with Gasteiger partial charge in [0, 0.05) is 39.1 Å². The summed E-state index contributed by atoms with van der Waals surface area (Å²) in [6, 6.07) is 13.4. The summed E-state index contributed by atoms with van der Waals surface area (Å²) in [5.74, 6) is -0.850. The van der Waals surface area contributed by atoms with Crippen LogP contribution in [0, 0.1) is 5.82 Å². The predicted molar refractivity (Wildman–Crippen MR) is 116 cm³/mol. The molecule has 2 aliphatic rings. The molecule has 1 atom stereocenters. The smallest absolute Gasteiger partial charge is 0.250 e. The lowest BCUT2D eigenvalue weighted by Gasteiger charge is -2.40. The lowest BCUT2D eigenvalue weighted by Crippen LogP contribution is -2.54. The highest BCUT2D eigenvalue weighted by Crippen LogP contribution is 2.28. The van der Waals surface area contributed by atoms with Crippen LogP contribution in [-0.2, 0) is 19.6 Å². The van der Waals surface area contributed by atoms with E-state index in [2.05, 4.69) is 0 Å². The molecule has 9 heteroatoms. The second kappa shape index (κ2) is 9.38. The lowest BCUT2D eigenvalue weighted by atomic mass is 9.99. The van der Waals surface area contributed by atoms with Crippen molar-refractivity contribution in [2.45, 2.75) is 30.2 Å². The molecule has 32 heavy (non-hydrogen) atoms. The first-order chi connectivity index (χ1) is 15.4. The van der Waals surface area contributed by atoms with Crippen LogP contribution < -0.4 is 0 Å². The first-order valence-corrected chi connectivity index (χ1v) is 12.2. The normalized spacial score (nSPS) is 19.1. The van der Waals surface area contributed by atoms with Crippen molar-refractivity contribution in [1.82, 2.24) is 14.1 Å². The van der Waals surface area contributed by atoms with Gasteiger partial charge in [-0.2, -0.15) is 4.31 Å². The Labute approximate surface area is 187 Å². The number of halogens is 1. The van der Waals surface area contributed by atoms with Crippen molar-refractivity contribution in [3.05, 3.63) is 66.0 Å². The molecule has 2 aromatic rings. The summed E-state index contributed by atoms with van der Waals surface area (Å²) in [5.41, 5.74) is 0.752. The van der Waals surface area contributed by atoms with E-state index in [0.717, 1.165) is 24.5 Å². The van der Waals surface area contributed by atoms with E-state index in [1.54, 1.807) is 9.80 Å². The third kappa shape index (κ3) is 4.54. The van der Waals surface area contributed by atoms with Gasteiger partial charge in [0.1, 0.15) is 11.9 Å². The number of hydrogen-bond acceptors (Lipinski definition) is 4. The molecule has 170 valence electrons. The van der Waals surface area contributed by atoms with Crippen molar-refractivity contribution in [1.29, 1.82) is 0 Å². The summed E-state index contributed by atoms with van der Waals surface area (Å²) in [7, 11) is -3.84. The fourth-order valence-corrected chi connectivity index (χ4v) is 5.74. The third-order valence-corrected chi connectivity index (χ3v) is 7.90. The number of benzene rings is 2. The summed E-state index contributed by atoms with van der Waals surface area (Å²) in [4.78, 5) is 29.3. The molecule has 0 N–H and O–H groups in total. The van der Waals surface area contributed by atoms with Crippen LogP contribution in [0.3, 0.4) is 0 Å². The van der Waals surface area contributed by atoms with Crippen LogP contribution >= 0.6 is 0 Å². The first-order valence-electron chi connectivity index (χ1n) is 10.8. The Hall–Kier alpha value is -2.78. The van der Waals surface area contributed by atoms with Crippen LogP contribution in [0.25, 0.3) is 0 Å². The molecule has 7 nitrogen and oxygen atoms in total. The molecule has 2 aliphatic heterocycles. The Kier molecular flexibility index (Phi) is 6.57. The molecule has 2 aromatic carbocycles. The Bertz CT molecular complexity index is 1090. The maximum atomic E-state index is 13.5. The van der Waals surface area contributed by atoms with Crippen molar-refractivity contribution >= 4 is 21.8 Å². The zero-order chi connectivity index (χ0) is 22.7. The van der Waals surface area contributed by atoms with Crippen LogP contribution in [0.2, 0.25) is 0 Å². The van der Waals surface area contributed by atoms with E-state index < -0.39 is 21.9 Å². The lowest BCUT2D eigenvalue weighted by molar-refractivity contribution is -0.148. The Balaban J connectivity index is 1.51. The van der Waals surface area contributed by atoms with Crippen LogP contribution in [-0.4, -0.2) is 67.1 Å². The topological polar surface area (TPSA) is 78.0 Å². The minimum atomic E-state index is -3.84. The van der Waals surface area contributed by atoms with Crippen LogP contribution in [0.15, 0.2) is 59.5 Å². The molecule has 2 saturated heterocycles. The highest BCUT2D eigenvalue weighted by atomic mass is 32.2. The van der Waals surface area contributed by atoms with Gasteiger partial charge in [-0.15, -0.1) is 0 Å². The van der Waals surface area contributed by atoms with Crippen molar-refractivity contribution < 1.29 is 22.4 Å². The summed E-state index contributed by atoms with van der Waals surface area (Å²) in [5, 5.41) is 0. The minimum Gasteiger partial charge on any atom is -0.338 e. The number of likely N-dealkylation sites (tertiary alicyclic amines) is 1. The second-order valence-electron chi connectivity index (χ2n) is 8.04. The van der Waals surface area contributed by atoms with Gasteiger partial charge in [-0.1, -0.05) is 36.4 Å². The quantitative estimate of drug-likeness (QED) is 0.688. The summed E-state index contributed by atoms with van der Waals surface area (Å²) >= 11 is 0. The number of sulfonamides is 1. The van der Waals surface area contributed by atoms with E-state index in [-0.39, 0.29) is 42.9 Å². The Morgan fingerprint density at radius 3 is 2.28 bits per heavy atom. The summed E-state index contributed by atoms with van der Waals surface area (Å²) < 4.78 is 40.5. The van der Waals surface area contributed by atoms with E-state index in [1.165, 1.54) is 22.5 Å². The van der Waals surface area contributed by atoms with E-state index in [0.29, 0.717) is 13.0 Å². The molecule has 0 saturated carbocycles.